The van der Waals surface area contributed by atoms with Crippen LogP contribution in [0.4, 0.5) is 0 Å². The van der Waals surface area contributed by atoms with Gasteiger partial charge in [-0.05, 0) is 29.3 Å². The highest BCUT2D eigenvalue weighted by atomic mass is 32.1. The van der Waals surface area contributed by atoms with E-state index in [9.17, 15) is 0 Å². The Morgan fingerprint density at radius 2 is 1.62 bits per heavy atom. The van der Waals surface area contributed by atoms with Crippen molar-refractivity contribution in [2.45, 2.75) is 6.92 Å². The highest BCUT2D eigenvalue weighted by molar-refractivity contribution is 7.21. The number of rotatable bonds is 1. The molecule has 0 saturated heterocycles. The number of hydrogen-bond donors (Lipinski definition) is 0. The van der Waals surface area contributed by atoms with Gasteiger partial charge in [-0.2, -0.15) is 4.57 Å². The van der Waals surface area contributed by atoms with E-state index in [0.29, 0.717) is 0 Å². The van der Waals surface area contributed by atoms with Crippen molar-refractivity contribution in [1.82, 2.24) is 0 Å². The zero-order valence-electron chi connectivity index (χ0n) is 12.1. The molecule has 0 aliphatic heterocycles. The summed E-state index contributed by atoms with van der Waals surface area (Å²) in [5.74, 6) is 0. The summed E-state index contributed by atoms with van der Waals surface area (Å²) >= 11 is 1.87. The number of aryl methyl sites for hydroxylation is 2. The normalized spacial score (nSPS) is 11.3. The van der Waals surface area contributed by atoms with Gasteiger partial charge in [0.1, 0.15) is 11.7 Å². The standard InChI is InChI=1S/C19H16NS/c1-13-11-12-14-7-3-4-8-15(14)18(13)19-20(2)16-9-5-6-10-17(16)21-19/h3-12H,1-2H3/q+1. The van der Waals surface area contributed by atoms with Crippen LogP contribution in [-0.4, -0.2) is 0 Å². The molecule has 1 heterocycles. The van der Waals surface area contributed by atoms with Crippen LogP contribution in [-0.2, 0) is 7.05 Å². The van der Waals surface area contributed by atoms with Gasteiger partial charge in [0.15, 0.2) is 0 Å². The highest BCUT2D eigenvalue weighted by Crippen LogP contribution is 2.35. The van der Waals surface area contributed by atoms with E-state index in [1.807, 2.05) is 11.3 Å². The predicted molar refractivity (Wildman–Crippen MR) is 90.7 cm³/mol. The van der Waals surface area contributed by atoms with Crippen LogP contribution in [0, 0.1) is 6.92 Å². The van der Waals surface area contributed by atoms with Crippen LogP contribution < -0.4 is 4.57 Å². The molecule has 1 nitrogen and oxygen atoms in total. The van der Waals surface area contributed by atoms with Gasteiger partial charge in [-0.15, -0.1) is 0 Å². The summed E-state index contributed by atoms with van der Waals surface area (Å²) in [7, 11) is 2.16. The molecule has 0 amide bonds. The molecule has 102 valence electrons. The first-order chi connectivity index (χ1) is 10.3. The average Bonchev–Trinajstić information content (AvgIpc) is 2.84. The lowest BCUT2D eigenvalue weighted by Gasteiger charge is -2.06. The van der Waals surface area contributed by atoms with E-state index < -0.39 is 0 Å². The molecule has 1 aromatic heterocycles. The Hall–Kier alpha value is -2.19. The second kappa shape index (κ2) is 4.68. The fraction of sp³-hybridized carbons (Fsp3) is 0.105. The van der Waals surface area contributed by atoms with Gasteiger partial charge in [0.2, 0.25) is 5.52 Å². The third-order valence-electron chi connectivity index (χ3n) is 4.09. The quantitative estimate of drug-likeness (QED) is 0.441. The van der Waals surface area contributed by atoms with E-state index in [0.717, 1.165) is 0 Å². The van der Waals surface area contributed by atoms with Crippen molar-refractivity contribution in [1.29, 1.82) is 0 Å². The molecule has 0 aliphatic carbocycles. The number of thiazole rings is 1. The van der Waals surface area contributed by atoms with Gasteiger partial charge in [-0.1, -0.05) is 59.9 Å². The molecule has 2 heteroatoms. The summed E-state index contributed by atoms with van der Waals surface area (Å²) in [5, 5.41) is 3.96. The lowest BCUT2D eigenvalue weighted by Crippen LogP contribution is -2.28. The highest BCUT2D eigenvalue weighted by Gasteiger charge is 2.21. The monoisotopic (exact) mass is 290 g/mol. The van der Waals surface area contributed by atoms with Crippen molar-refractivity contribution in [3.05, 3.63) is 66.2 Å². The maximum absolute atomic E-state index is 2.31. The zero-order chi connectivity index (χ0) is 14.4. The minimum atomic E-state index is 1.30. The molecular weight excluding hydrogens is 274 g/mol. The Labute approximate surface area is 128 Å². The Balaban J connectivity index is 2.13. The fourth-order valence-corrected chi connectivity index (χ4v) is 4.26. The molecular formula is C19H16NS+. The molecule has 0 radical (unpaired) electrons. The third kappa shape index (κ3) is 1.87. The topological polar surface area (TPSA) is 3.88 Å². The molecule has 0 saturated carbocycles. The zero-order valence-corrected chi connectivity index (χ0v) is 12.9. The van der Waals surface area contributed by atoms with Crippen LogP contribution in [0.3, 0.4) is 0 Å². The van der Waals surface area contributed by atoms with Gasteiger partial charge in [0.25, 0.3) is 5.01 Å². The summed E-state index contributed by atoms with van der Waals surface area (Å²) in [4.78, 5) is 0. The molecule has 21 heavy (non-hydrogen) atoms. The minimum absolute atomic E-state index is 1.30. The van der Waals surface area contributed by atoms with Crippen LogP contribution in [0.15, 0.2) is 60.7 Å². The van der Waals surface area contributed by atoms with Crippen molar-refractivity contribution in [3.63, 3.8) is 0 Å². The molecule has 0 fully saturated rings. The van der Waals surface area contributed by atoms with Gasteiger partial charge in [0, 0.05) is 6.07 Å². The lowest BCUT2D eigenvalue weighted by molar-refractivity contribution is -0.629. The maximum atomic E-state index is 2.31. The first-order valence-corrected chi connectivity index (χ1v) is 7.93. The molecule has 0 atom stereocenters. The van der Waals surface area contributed by atoms with Gasteiger partial charge in [-0.3, -0.25) is 0 Å². The summed E-state index contributed by atoms with van der Waals surface area (Å²) in [6.07, 6.45) is 0. The van der Waals surface area contributed by atoms with Crippen LogP contribution in [0.2, 0.25) is 0 Å². The molecule has 0 unspecified atom stereocenters. The van der Waals surface area contributed by atoms with E-state index >= 15 is 0 Å². The largest absolute Gasteiger partial charge is 0.270 e. The smallest absolute Gasteiger partial charge is 0.184 e. The second-order valence-electron chi connectivity index (χ2n) is 5.41. The number of para-hydroxylation sites is 1. The number of hydrogen-bond acceptors (Lipinski definition) is 1. The van der Waals surface area contributed by atoms with E-state index in [-0.39, 0.29) is 0 Å². The number of nitrogens with zero attached hydrogens (tertiary/aromatic N) is 1. The Bertz CT molecular complexity index is 966. The average molecular weight is 290 g/mol. The van der Waals surface area contributed by atoms with Crippen LogP contribution in [0.5, 0.6) is 0 Å². The second-order valence-corrected chi connectivity index (χ2v) is 6.44. The van der Waals surface area contributed by atoms with Crippen LogP contribution in [0.25, 0.3) is 31.6 Å². The van der Waals surface area contributed by atoms with Crippen molar-refractivity contribution in [2.24, 2.45) is 7.05 Å². The SMILES string of the molecule is Cc1ccc2ccccc2c1-c1sc2ccccc2[n+]1C. The molecule has 3 aromatic carbocycles. The van der Waals surface area contributed by atoms with Gasteiger partial charge >= 0.3 is 0 Å². The van der Waals surface area contributed by atoms with Gasteiger partial charge in [-0.25, -0.2) is 0 Å². The summed E-state index contributed by atoms with van der Waals surface area (Å²) in [5.41, 5.74) is 3.98. The first kappa shape index (κ1) is 12.5. The van der Waals surface area contributed by atoms with E-state index in [4.69, 9.17) is 0 Å². The van der Waals surface area contributed by atoms with E-state index in [2.05, 4.69) is 79.2 Å². The van der Waals surface area contributed by atoms with Crippen molar-refractivity contribution in [3.8, 4) is 10.6 Å². The molecule has 4 aromatic rings. The molecule has 0 bridgehead atoms. The van der Waals surface area contributed by atoms with Crippen LogP contribution in [0.1, 0.15) is 5.56 Å². The fourth-order valence-electron chi connectivity index (χ4n) is 2.99. The lowest BCUT2D eigenvalue weighted by atomic mass is 10.00. The molecule has 0 aliphatic rings. The summed E-state index contributed by atoms with van der Waals surface area (Å²) in [6.45, 7) is 2.20. The molecule has 0 N–H and O–H groups in total. The summed E-state index contributed by atoms with van der Waals surface area (Å²) < 4.78 is 3.65. The Kier molecular flexibility index (Phi) is 2.79. The van der Waals surface area contributed by atoms with Crippen molar-refractivity contribution < 1.29 is 4.57 Å². The van der Waals surface area contributed by atoms with Crippen LogP contribution >= 0.6 is 11.3 Å². The maximum Gasteiger partial charge on any atom is 0.270 e. The third-order valence-corrected chi connectivity index (χ3v) is 5.33. The minimum Gasteiger partial charge on any atom is -0.184 e. The van der Waals surface area contributed by atoms with E-state index in [1.165, 1.54) is 37.1 Å². The van der Waals surface area contributed by atoms with Crippen molar-refractivity contribution in [2.75, 3.05) is 0 Å². The van der Waals surface area contributed by atoms with Crippen molar-refractivity contribution >= 4 is 32.3 Å². The number of aromatic nitrogens is 1. The molecule has 4 rings (SSSR count). The Morgan fingerprint density at radius 3 is 2.48 bits per heavy atom. The summed E-state index contributed by atoms with van der Waals surface area (Å²) in [6, 6.07) is 21.7. The first-order valence-electron chi connectivity index (χ1n) is 7.12. The molecule has 0 spiro atoms. The predicted octanol–water partition coefficient (Wildman–Crippen LogP) is 4.85. The van der Waals surface area contributed by atoms with Gasteiger partial charge in [0.05, 0.1) is 5.56 Å². The number of benzene rings is 3. The van der Waals surface area contributed by atoms with Gasteiger partial charge < -0.3 is 0 Å². The number of fused-ring (bicyclic) bond motifs is 2. The Morgan fingerprint density at radius 1 is 0.857 bits per heavy atom. The van der Waals surface area contributed by atoms with E-state index in [1.54, 1.807) is 0 Å².